The van der Waals surface area contributed by atoms with Gasteiger partial charge in [-0.2, -0.15) is 0 Å². The van der Waals surface area contributed by atoms with Crippen LogP contribution in [-0.2, 0) is 14.3 Å². The van der Waals surface area contributed by atoms with Gasteiger partial charge in [0.25, 0.3) is 0 Å². The lowest BCUT2D eigenvalue weighted by atomic mass is 9.79. The SMILES string of the molecule is COC(=O)C1CCCC[C@@H]1C(=O)O. The fourth-order valence-electron chi connectivity index (χ4n) is 1.86. The average molecular weight is 186 g/mol. The molecule has 1 saturated carbocycles. The molecule has 4 nitrogen and oxygen atoms in total. The van der Waals surface area contributed by atoms with Crippen LogP contribution >= 0.6 is 0 Å². The number of hydrogen-bond acceptors (Lipinski definition) is 3. The quantitative estimate of drug-likeness (QED) is 0.655. The van der Waals surface area contributed by atoms with Gasteiger partial charge >= 0.3 is 11.9 Å². The number of carboxylic acids is 1. The molecular formula is C9H14O4. The normalized spacial score (nSPS) is 28.1. The molecule has 0 spiro atoms. The third-order valence-corrected chi connectivity index (χ3v) is 2.59. The first-order chi connectivity index (χ1) is 6.16. The first-order valence-electron chi connectivity index (χ1n) is 4.47. The Bertz CT molecular complexity index is 212. The lowest BCUT2D eigenvalue weighted by Crippen LogP contribution is -2.33. The van der Waals surface area contributed by atoms with Crippen LogP contribution < -0.4 is 0 Å². The van der Waals surface area contributed by atoms with E-state index in [0.717, 1.165) is 12.8 Å². The van der Waals surface area contributed by atoms with Crippen LogP contribution in [0.25, 0.3) is 0 Å². The highest BCUT2D eigenvalue weighted by Gasteiger charge is 2.36. The van der Waals surface area contributed by atoms with Gasteiger partial charge < -0.3 is 9.84 Å². The predicted octanol–water partition coefficient (Wildman–Crippen LogP) is 1.05. The fourth-order valence-corrected chi connectivity index (χ4v) is 1.86. The monoisotopic (exact) mass is 186 g/mol. The molecule has 13 heavy (non-hydrogen) atoms. The van der Waals surface area contributed by atoms with Crippen LogP contribution in [-0.4, -0.2) is 24.2 Å². The third-order valence-electron chi connectivity index (χ3n) is 2.59. The molecule has 1 fully saturated rings. The Morgan fingerprint density at radius 3 is 2.23 bits per heavy atom. The molecule has 1 N–H and O–H groups in total. The summed E-state index contributed by atoms with van der Waals surface area (Å²) in [5, 5.41) is 8.85. The maximum atomic E-state index is 11.2. The number of carbonyl (C=O) groups excluding carboxylic acids is 1. The number of hydrogen-bond donors (Lipinski definition) is 1. The number of carbonyl (C=O) groups is 2. The van der Waals surface area contributed by atoms with Crippen molar-refractivity contribution in [2.24, 2.45) is 11.8 Å². The van der Waals surface area contributed by atoms with Gasteiger partial charge in [0.05, 0.1) is 18.9 Å². The van der Waals surface area contributed by atoms with Gasteiger partial charge in [-0.25, -0.2) is 0 Å². The minimum atomic E-state index is -0.880. The first-order valence-corrected chi connectivity index (χ1v) is 4.47. The minimum Gasteiger partial charge on any atom is -0.481 e. The molecule has 1 unspecified atom stereocenters. The second-order valence-corrected chi connectivity index (χ2v) is 3.36. The van der Waals surface area contributed by atoms with E-state index in [1.807, 2.05) is 0 Å². The summed E-state index contributed by atoms with van der Waals surface area (Å²) in [5.41, 5.74) is 0. The Balaban J connectivity index is 2.67. The lowest BCUT2D eigenvalue weighted by Gasteiger charge is -2.25. The van der Waals surface area contributed by atoms with Gasteiger partial charge in [0, 0.05) is 0 Å². The maximum absolute atomic E-state index is 11.2. The third kappa shape index (κ3) is 2.20. The molecule has 74 valence electrons. The molecule has 2 atom stereocenters. The van der Waals surface area contributed by atoms with Gasteiger partial charge in [0.15, 0.2) is 0 Å². The van der Waals surface area contributed by atoms with Crippen molar-refractivity contribution in [1.29, 1.82) is 0 Å². The van der Waals surface area contributed by atoms with Crippen LogP contribution in [0.1, 0.15) is 25.7 Å². The molecule has 0 saturated heterocycles. The van der Waals surface area contributed by atoms with E-state index in [-0.39, 0.29) is 5.97 Å². The predicted molar refractivity (Wildman–Crippen MR) is 45.1 cm³/mol. The number of carboxylic acid groups (broad SMARTS) is 1. The largest absolute Gasteiger partial charge is 0.481 e. The van der Waals surface area contributed by atoms with E-state index in [2.05, 4.69) is 4.74 Å². The summed E-state index contributed by atoms with van der Waals surface area (Å²) in [7, 11) is 1.30. The van der Waals surface area contributed by atoms with E-state index < -0.39 is 17.8 Å². The summed E-state index contributed by atoms with van der Waals surface area (Å²) in [6.45, 7) is 0. The van der Waals surface area contributed by atoms with Crippen molar-refractivity contribution >= 4 is 11.9 Å². The highest BCUT2D eigenvalue weighted by atomic mass is 16.5. The zero-order chi connectivity index (χ0) is 9.84. The van der Waals surface area contributed by atoms with Gasteiger partial charge in [-0.3, -0.25) is 9.59 Å². The van der Waals surface area contributed by atoms with Crippen molar-refractivity contribution in [2.75, 3.05) is 7.11 Å². The highest BCUT2D eigenvalue weighted by Crippen LogP contribution is 2.30. The summed E-state index contributed by atoms with van der Waals surface area (Å²) in [4.78, 5) is 22.0. The second kappa shape index (κ2) is 4.25. The minimum absolute atomic E-state index is 0.382. The van der Waals surface area contributed by atoms with Crippen LogP contribution in [0.4, 0.5) is 0 Å². The lowest BCUT2D eigenvalue weighted by molar-refractivity contribution is -0.157. The van der Waals surface area contributed by atoms with Crippen molar-refractivity contribution < 1.29 is 19.4 Å². The highest BCUT2D eigenvalue weighted by molar-refractivity contribution is 5.81. The smallest absolute Gasteiger partial charge is 0.309 e. The first kappa shape index (κ1) is 10.0. The number of ether oxygens (including phenoxy) is 1. The van der Waals surface area contributed by atoms with Crippen molar-refractivity contribution in [3.8, 4) is 0 Å². The van der Waals surface area contributed by atoms with Crippen LogP contribution in [0.5, 0.6) is 0 Å². The van der Waals surface area contributed by atoms with Crippen molar-refractivity contribution in [2.45, 2.75) is 25.7 Å². The van der Waals surface area contributed by atoms with E-state index in [9.17, 15) is 9.59 Å². The summed E-state index contributed by atoms with van der Waals surface area (Å²) < 4.78 is 4.57. The molecule has 1 aliphatic carbocycles. The molecule has 4 heteroatoms. The van der Waals surface area contributed by atoms with Crippen LogP contribution in [0.3, 0.4) is 0 Å². The molecule has 0 radical (unpaired) electrons. The Labute approximate surface area is 76.9 Å². The maximum Gasteiger partial charge on any atom is 0.309 e. The second-order valence-electron chi connectivity index (χ2n) is 3.36. The van der Waals surface area contributed by atoms with E-state index in [1.165, 1.54) is 7.11 Å². The van der Waals surface area contributed by atoms with Gasteiger partial charge in [-0.15, -0.1) is 0 Å². The molecule has 0 aromatic rings. The molecule has 0 heterocycles. The molecule has 0 bridgehead atoms. The topological polar surface area (TPSA) is 63.6 Å². The number of methoxy groups -OCH3 is 1. The van der Waals surface area contributed by atoms with E-state index in [1.54, 1.807) is 0 Å². The molecule has 0 amide bonds. The van der Waals surface area contributed by atoms with Gasteiger partial charge in [0.2, 0.25) is 0 Å². The van der Waals surface area contributed by atoms with Crippen molar-refractivity contribution in [3.63, 3.8) is 0 Å². The molecule has 0 aromatic carbocycles. The van der Waals surface area contributed by atoms with E-state index in [0.29, 0.717) is 12.8 Å². The van der Waals surface area contributed by atoms with Crippen LogP contribution in [0.15, 0.2) is 0 Å². The Hall–Kier alpha value is -1.06. The molecular weight excluding hydrogens is 172 g/mol. The zero-order valence-electron chi connectivity index (χ0n) is 7.66. The van der Waals surface area contributed by atoms with E-state index >= 15 is 0 Å². The van der Waals surface area contributed by atoms with Crippen molar-refractivity contribution in [1.82, 2.24) is 0 Å². The standard InChI is InChI=1S/C9H14O4/c1-13-9(12)7-5-3-2-4-6(7)8(10)11/h6-7H,2-5H2,1H3,(H,10,11)/t6-,7?/m0/s1. The van der Waals surface area contributed by atoms with E-state index in [4.69, 9.17) is 5.11 Å². The zero-order valence-corrected chi connectivity index (χ0v) is 7.66. The Kier molecular flexibility index (Phi) is 3.28. The Morgan fingerprint density at radius 1 is 1.23 bits per heavy atom. The van der Waals surface area contributed by atoms with Crippen LogP contribution in [0.2, 0.25) is 0 Å². The molecule has 1 aliphatic rings. The van der Waals surface area contributed by atoms with Gasteiger partial charge in [-0.1, -0.05) is 12.8 Å². The molecule has 0 aliphatic heterocycles. The summed E-state index contributed by atoms with van der Waals surface area (Å²) in [6.07, 6.45) is 3.05. The summed E-state index contributed by atoms with van der Waals surface area (Å²) in [5.74, 6) is -2.24. The van der Waals surface area contributed by atoms with Gasteiger partial charge in [-0.05, 0) is 12.8 Å². The molecule has 1 rings (SSSR count). The summed E-state index contributed by atoms with van der Waals surface area (Å²) >= 11 is 0. The molecule has 0 aromatic heterocycles. The number of aliphatic carboxylic acids is 1. The number of rotatable bonds is 2. The van der Waals surface area contributed by atoms with Crippen LogP contribution in [0, 0.1) is 11.8 Å². The Morgan fingerprint density at radius 2 is 1.77 bits per heavy atom. The fraction of sp³-hybridized carbons (Fsp3) is 0.778. The average Bonchev–Trinajstić information content (AvgIpc) is 2.16. The number of esters is 1. The van der Waals surface area contributed by atoms with Crippen molar-refractivity contribution in [3.05, 3.63) is 0 Å². The summed E-state index contributed by atoms with van der Waals surface area (Å²) in [6, 6.07) is 0. The van der Waals surface area contributed by atoms with Gasteiger partial charge in [0.1, 0.15) is 0 Å².